The van der Waals surface area contributed by atoms with E-state index in [0.29, 0.717) is 6.42 Å². The smallest absolute Gasteiger partial charge is 0.304 e. The summed E-state index contributed by atoms with van der Waals surface area (Å²) in [5, 5.41) is 2.53. The molecular weight excluding hydrogens is 158 g/mol. The Kier molecular flexibility index (Phi) is 2.08. The summed E-state index contributed by atoms with van der Waals surface area (Å²) in [5.41, 5.74) is -0.522. The third kappa shape index (κ3) is 1.17. The number of nitrogens with one attached hydrogen (secondary N) is 1. The average molecular weight is 171 g/mol. The summed E-state index contributed by atoms with van der Waals surface area (Å²) >= 11 is 0. The molecular formula is C8H13NO3. The van der Waals surface area contributed by atoms with E-state index in [1.807, 2.05) is 6.92 Å². The lowest BCUT2D eigenvalue weighted by atomic mass is 9.78. The summed E-state index contributed by atoms with van der Waals surface area (Å²) in [6.45, 7) is 5.02. The second-order valence-corrected chi connectivity index (χ2v) is 3.23. The molecule has 1 amide bonds. The molecule has 12 heavy (non-hydrogen) atoms. The van der Waals surface area contributed by atoms with Gasteiger partial charge in [0.1, 0.15) is 5.41 Å². The number of hydrogen-bond acceptors (Lipinski definition) is 3. The topological polar surface area (TPSA) is 55.4 Å². The van der Waals surface area contributed by atoms with Gasteiger partial charge in [0.05, 0.1) is 0 Å². The highest BCUT2D eigenvalue weighted by atomic mass is 16.6. The molecule has 0 radical (unpaired) electrons. The number of rotatable bonds is 2. The van der Waals surface area contributed by atoms with E-state index in [9.17, 15) is 9.59 Å². The number of hydrogen-bond donors (Lipinski definition) is 1. The van der Waals surface area contributed by atoms with Gasteiger partial charge in [0.2, 0.25) is 5.91 Å². The molecule has 0 aromatic heterocycles. The lowest BCUT2D eigenvalue weighted by Crippen LogP contribution is -2.66. The largest absolute Gasteiger partial charge is 0.441 e. The maximum absolute atomic E-state index is 11.1. The maximum atomic E-state index is 11.1. The van der Waals surface area contributed by atoms with Crippen LogP contribution in [0.15, 0.2) is 0 Å². The molecule has 0 saturated carbocycles. The van der Waals surface area contributed by atoms with Gasteiger partial charge >= 0.3 is 5.97 Å². The van der Waals surface area contributed by atoms with Crippen LogP contribution in [0.25, 0.3) is 0 Å². The van der Waals surface area contributed by atoms with Crippen molar-refractivity contribution >= 4 is 11.9 Å². The van der Waals surface area contributed by atoms with E-state index < -0.39 is 11.6 Å². The lowest BCUT2D eigenvalue weighted by Gasteiger charge is -2.44. The number of amides is 1. The fourth-order valence-electron chi connectivity index (χ4n) is 1.16. The molecule has 4 nitrogen and oxygen atoms in total. The Labute approximate surface area is 71.3 Å². The maximum Gasteiger partial charge on any atom is 0.304 e. The van der Waals surface area contributed by atoms with Gasteiger partial charge in [-0.25, -0.2) is 0 Å². The highest BCUT2D eigenvalue weighted by Crippen LogP contribution is 2.34. The zero-order valence-corrected chi connectivity index (χ0v) is 7.51. The minimum atomic E-state index is -0.522. The van der Waals surface area contributed by atoms with Crippen molar-refractivity contribution in [1.29, 1.82) is 0 Å². The Morgan fingerprint density at radius 3 is 2.67 bits per heavy atom. The van der Waals surface area contributed by atoms with Crippen molar-refractivity contribution in [1.82, 2.24) is 5.32 Å². The molecule has 4 heteroatoms. The molecule has 1 aliphatic rings. The Morgan fingerprint density at radius 1 is 1.75 bits per heavy atom. The minimum absolute atomic E-state index is 0.0451. The summed E-state index contributed by atoms with van der Waals surface area (Å²) in [5.74, 6) is -0.407. The van der Waals surface area contributed by atoms with E-state index in [0.717, 1.165) is 0 Å². The molecule has 0 bridgehead atoms. The fourth-order valence-corrected chi connectivity index (χ4v) is 1.16. The number of ether oxygens (including phenoxy) is 1. The SMILES string of the molecule is CC[C@@]1(C)C(=O)NC1OC(C)=O. The molecule has 0 aromatic carbocycles. The van der Waals surface area contributed by atoms with Crippen LogP contribution in [-0.4, -0.2) is 18.1 Å². The molecule has 0 aromatic rings. The van der Waals surface area contributed by atoms with Crippen LogP contribution in [0, 0.1) is 5.41 Å². The summed E-state index contributed by atoms with van der Waals surface area (Å²) < 4.78 is 4.89. The van der Waals surface area contributed by atoms with Gasteiger partial charge < -0.3 is 10.1 Å². The first-order valence-electron chi connectivity index (χ1n) is 3.99. The van der Waals surface area contributed by atoms with Crippen molar-refractivity contribution in [2.24, 2.45) is 5.41 Å². The standard InChI is InChI=1S/C8H13NO3/c1-4-8(3)6(11)9-7(8)12-5(2)10/h7H,4H2,1-3H3,(H,9,11)/t7?,8-/m0/s1. The summed E-state index contributed by atoms with van der Waals surface area (Å²) in [4.78, 5) is 21.7. The van der Waals surface area contributed by atoms with Gasteiger partial charge in [0, 0.05) is 6.92 Å². The summed E-state index contributed by atoms with van der Waals surface area (Å²) in [7, 11) is 0. The van der Waals surface area contributed by atoms with E-state index in [1.54, 1.807) is 6.92 Å². The quantitative estimate of drug-likeness (QED) is 0.484. The predicted molar refractivity (Wildman–Crippen MR) is 42.1 cm³/mol. The molecule has 1 N–H and O–H groups in total. The highest BCUT2D eigenvalue weighted by molar-refractivity contribution is 5.89. The van der Waals surface area contributed by atoms with Gasteiger partial charge in [-0.05, 0) is 13.3 Å². The predicted octanol–water partition coefficient (Wildman–Crippen LogP) is 0.422. The number of esters is 1. The van der Waals surface area contributed by atoms with Crippen LogP contribution in [0.2, 0.25) is 0 Å². The molecule has 0 spiro atoms. The van der Waals surface area contributed by atoms with E-state index in [4.69, 9.17) is 4.74 Å². The van der Waals surface area contributed by atoms with E-state index in [-0.39, 0.29) is 11.9 Å². The van der Waals surface area contributed by atoms with Gasteiger partial charge in [-0.1, -0.05) is 6.92 Å². The lowest BCUT2D eigenvalue weighted by molar-refractivity contribution is -0.180. The van der Waals surface area contributed by atoms with Crippen LogP contribution >= 0.6 is 0 Å². The molecule has 1 unspecified atom stereocenters. The normalized spacial score (nSPS) is 33.6. The summed E-state index contributed by atoms with van der Waals surface area (Å²) in [6.07, 6.45) is 0.240. The van der Waals surface area contributed by atoms with Crippen molar-refractivity contribution in [3.05, 3.63) is 0 Å². The third-order valence-corrected chi connectivity index (χ3v) is 2.38. The van der Waals surface area contributed by atoms with Crippen LogP contribution in [0.1, 0.15) is 27.2 Å². The van der Waals surface area contributed by atoms with Gasteiger partial charge in [0.25, 0.3) is 0 Å². The Hall–Kier alpha value is -1.06. The van der Waals surface area contributed by atoms with Crippen LogP contribution in [0.4, 0.5) is 0 Å². The zero-order valence-electron chi connectivity index (χ0n) is 7.51. The number of carbonyl (C=O) groups is 2. The fraction of sp³-hybridized carbons (Fsp3) is 0.750. The molecule has 1 saturated heterocycles. The van der Waals surface area contributed by atoms with Gasteiger partial charge in [-0.15, -0.1) is 0 Å². The monoisotopic (exact) mass is 171 g/mol. The van der Waals surface area contributed by atoms with Crippen LogP contribution < -0.4 is 5.32 Å². The van der Waals surface area contributed by atoms with Gasteiger partial charge in [-0.2, -0.15) is 0 Å². The number of carbonyl (C=O) groups excluding carboxylic acids is 2. The van der Waals surface area contributed by atoms with Gasteiger partial charge in [-0.3, -0.25) is 9.59 Å². The molecule has 1 fully saturated rings. The van der Waals surface area contributed by atoms with Crippen LogP contribution in [-0.2, 0) is 14.3 Å². The van der Waals surface area contributed by atoms with Crippen molar-refractivity contribution < 1.29 is 14.3 Å². The van der Waals surface area contributed by atoms with E-state index >= 15 is 0 Å². The third-order valence-electron chi connectivity index (χ3n) is 2.38. The second-order valence-electron chi connectivity index (χ2n) is 3.23. The Morgan fingerprint density at radius 2 is 2.33 bits per heavy atom. The zero-order chi connectivity index (χ0) is 9.35. The first-order valence-corrected chi connectivity index (χ1v) is 3.99. The first kappa shape index (κ1) is 9.03. The number of β-lactam (4-membered cyclic amide) rings is 1. The van der Waals surface area contributed by atoms with Crippen LogP contribution in [0.5, 0.6) is 0 Å². The van der Waals surface area contributed by atoms with Crippen molar-refractivity contribution in [2.45, 2.75) is 33.4 Å². The second kappa shape index (κ2) is 2.77. The van der Waals surface area contributed by atoms with Crippen molar-refractivity contribution in [3.63, 3.8) is 0 Å². The summed E-state index contributed by atoms with van der Waals surface area (Å²) in [6, 6.07) is 0. The Balaban J connectivity index is 2.60. The molecule has 1 heterocycles. The Bertz CT molecular complexity index is 226. The van der Waals surface area contributed by atoms with Crippen LogP contribution in [0.3, 0.4) is 0 Å². The molecule has 1 aliphatic heterocycles. The highest BCUT2D eigenvalue weighted by Gasteiger charge is 2.52. The van der Waals surface area contributed by atoms with Crippen molar-refractivity contribution in [3.8, 4) is 0 Å². The minimum Gasteiger partial charge on any atom is -0.441 e. The molecule has 68 valence electrons. The van der Waals surface area contributed by atoms with E-state index in [1.165, 1.54) is 6.92 Å². The molecule has 1 rings (SSSR count). The molecule has 2 atom stereocenters. The molecule has 0 aliphatic carbocycles. The van der Waals surface area contributed by atoms with Crippen molar-refractivity contribution in [2.75, 3.05) is 0 Å². The first-order chi connectivity index (χ1) is 5.50. The average Bonchev–Trinajstić information content (AvgIpc) is 2.02. The van der Waals surface area contributed by atoms with Gasteiger partial charge in [0.15, 0.2) is 6.23 Å². The van der Waals surface area contributed by atoms with E-state index in [2.05, 4.69) is 5.32 Å².